The summed E-state index contributed by atoms with van der Waals surface area (Å²) < 4.78 is 19.7. The molecule has 0 aliphatic carbocycles. The van der Waals surface area contributed by atoms with Crippen LogP contribution in [0, 0.1) is 0 Å². The highest BCUT2D eigenvalue weighted by Crippen LogP contribution is 2.35. The normalized spacial score (nSPS) is 11.6. The van der Waals surface area contributed by atoms with Gasteiger partial charge in [0.05, 0.1) is 5.56 Å². The van der Waals surface area contributed by atoms with Crippen LogP contribution in [0.25, 0.3) is 6.08 Å². The molecule has 0 radical (unpaired) electrons. The van der Waals surface area contributed by atoms with Gasteiger partial charge in [-0.05, 0) is 35.9 Å². The largest absolute Gasteiger partial charge is 0.508 e. The minimum absolute atomic E-state index is 0.0589. The van der Waals surface area contributed by atoms with Crippen molar-refractivity contribution >= 4 is 19.7 Å². The van der Waals surface area contributed by atoms with Crippen LogP contribution >= 0.6 is 7.82 Å². The number of carbonyl (C=O) groups excluding carboxylic acids is 1. The summed E-state index contributed by atoms with van der Waals surface area (Å²) >= 11 is 0. The number of ether oxygens (including phenoxy) is 1. The average Bonchev–Trinajstić information content (AvgIpc) is 2.52. The molecule has 0 unspecified atom stereocenters. The van der Waals surface area contributed by atoms with Crippen LogP contribution in [0.1, 0.15) is 15.9 Å². The van der Waals surface area contributed by atoms with Gasteiger partial charge in [0.25, 0.3) is 0 Å². The highest BCUT2D eigenvalue weighted by Gasteiger charge is 2.13. The predicted molar refractivity (Wildman–Crippen MR) is 88.2 cm³/mol. The van der Waals surface area contributed by atoms with Gasteiger partial charge in [0.1, 0.15) is 17.2 Å². The van der Waals surface area contributed by atoms with Gasteiger partial charge in [0.2, 0.25) is 0 Å². The van der Waals surface area contributed by atoms with Crippen molar-refractivity contribution in [2.45, 2.75) is 0 Å². The van der Waals surface area contributed by atoms with Crippen molar-refractivity contribution in [2.75, 3.05) is 6.79 Å². The lowest BCUT2D eigenvalue weighted by atomic mass is 10.1. The summed E-state index contributed by atoms with van der Waals surface area (Å²) in [6, 6.07) is 9.99. The molecule has 132 valence electrons. The molecule has 0 heterocycles. The Labute approximate surface area is 142 Å². The number of hydrogen-bond donors (Lipinski definition) is 4. The van der Waals surface area contributed by atoms with Crippen LogP contribution in [0.15, 0.2) is 48.5 Å². The Morgan fingerprint density at radius 2 is 1.76 bits per heavy atom. The summed E-state index contributed by atoms with van der Waals surface area (Å²) in [6.07, 6.45) is 2.78. The monoisotopic (exact) mass is 366 g/mol. The van der Waals surface area contributed by atoms with Crippen LogP contribution in [0.3, 0.4) is 0 Å². The lowest BCUT2D eigenvalue weighted by Gasteiger charge is -2.07. The first-order valence-corrected chi connectivity index (χ1v) is 8.45. The maximum atomic E-state index is 12.0. The third-order valence-electron chi connectivity index (χ3n) is 3.00. The van der Waals surface area contributed by atoms with E-state index in [1.807, 2.05) is 0 Å². The second-order valence-corrected chi connectivity index (χ2v) is 6.09. The molecule has 4 N–H and O–H groups in total. The fourth-order valence-electron chi connectivity index (χ4n) is 1.83. The summed E-state index contributed by atoms with van der Waals surface area (Å²) in [6.45, 7) is -0.599. The first kappa shape index (κ1) is 18.7. The molecule has 2 aromatic rings. The van der Waals surface area contributed by atoms with E-state index in [2.05, 4.69) is 4.52 Å². The van der Waals surface area contributed by atoms with Crippen molar-refractivity contribution in [1.82, 2.24) is 0 Å². The Morgan fingerprint density at radius 1 is 1.08 bits per heavy atom. The van der Waals surface area contributed by atoms with Gasteiger partial charge < -0.3 is 24.7 Å². The molecule has 0 aliphatic heterocycles. The van der Waals surface area contributed by atoms with E-state index in [4.69, 9.17) is 14.5 Å². The molecule has 0 spiro atoms. The van der Waals surface area contributed by atoms with Crippen LogP contribution in [-0.4, -0.2) is 32.6 Å². The SMILES string of the molecule is O=C(/C=C/c1ccc(OCOP(=O)(O)O)cc1)c1ccc(O)cc1O. The van der Waals surface area contributed by atoms with Crippen molar-refractivity contribution in [3.63, 3.8) is 0 Å². The molecule has 0 amide bonds. The minimum atomic E-state index is -4.58. The van der Waals surface area contributed by atoms with Crippen molar-refractivity contribution in [3.05, 3.63) is 59.7 Å². The number of carbonyl (C=O) groups is 1. The van der Waals surface area contributed by atoms with E-state index < -0.39 is 20.4 Å². The van der Waals surface area contributed by atoms with E-state index in [0.717, 1.165) is 6.07 Å². The van der Waals surface area contributed by atoms with Gasteiger partial charge in [-0.15, -0.1) is 0 Å². The molecule has 2 rings (SSSR count). The van der Waals surface area contributed by atoms with Crippen LogP contribution in [0.4, 0.5) is 0 Å². The molecule has 0 atom stereocenters. The van der Waals surface area contributed by atoms with Crippen LogP contribution in [0.2, 0.25) is 0 Å². The van der Waals surface area contributed by atoms with Gasteiger partial charge in [-0.3, -0.25) is 4.79 Å². The van der Waals surface area contributed by atoms with E-state index in [-0.39, 0.29) is 17.1 Å². The summed E-state index contributed by atoms with van der Waals surface area (Å²) in [7, 11) is -4.58. The molecule has 0 aliphatic rings. The molecule has 0 saturated heterocycles. The van der Waals surface area contributed by atoms with Crippen molar-refractivity contribution in [1.29, 1.82) is 0 Å². The highest BCUT2D eigenvalue weighted by molar-refractivity contribution is 7.46. The molecule has 9 heteroatoms. The smallest absolute Gasteiger partial charge is 0.472 e. The van der Waals surface area contributed by atoms with Crippen molar-refractivity contribution in [3.8, 4) is 17.2 Å². The molecule has 0 fully saturated rings. The molecule has 0 bridgehead atoms. The topological polar surface area (TPSA) is 134 Å². The number of hydrogen-bond acceptors (Lipinski definition) is 6. The maximum Gasteiger partial charge on any atom is 0.472 e. The zero-order chi connectivity index (χ0) is 18.4. The maximum absolute atomic E-state index is 12.0. The lowest BCUT2D eigenvalue weighted by Crippen LogP contribution is -2.00. The van der Waals surface area contributed by atoms with Crippen LogP contribution in [-0.2, 0) is 9.09 Å². The molecule has 0 aromatic heterocycles. The number of rotatable bonds is 7. The summed E-state index contributed by atoms with van der Waals surface area (Å²) in [5.41, 5.74) is 0.721. The number of phosphoric acid groups is 1. The second kappa shape index (κ2) is 7.96. The predicted octanol–water partition coefficient (Wildman–Crippen LogP) is 2.44. The highest BCUT2D eigenvalue weighted by atomic mass is 31.2. The third-order valence-corrected chi connectivity index (χ3v) is 3.44. The third kappa shape index (κ3) is 6.06. The average molecular weight is 366 g/mol. The number of phenolic OH excluding ortho intramolecular Hbond substituents is 2. The molecule has 0 saturated carbocycles. The van der Waals surface area contributed by atoms with Gasteiger partial charge in [-0.1, -0.05) is 18.2 Å². The van der Waals surface area contributed by atoms with E-state index >= 15 is 0 Å². The Balaban J connectivity index is 1.97. The quantitative estimate of drug-likeness (QED) is 0.254. The second-order valence-electron chi connectivity index (χ2n) is 4.85. The molecule has 8 nitrogen and oxygen atoms in total. The fraction of sp³-hybridized carbons (Fsp3) is 0.0625. The molecular formula is C16H15O8P. The van der Waals surface area contributed by atoms with Crippen LogP contribution < -0.4 is 4.74 Å². The van der Waals surface area contributed by atoms with E-state index in [1.54, 1.807) is 12.1 Å². The van der Waals surface area contributed by atoms with Gasteiger partial charge in [0.15, 0.2) is 12.6 Å². The standard InChI is InChI=1S/C16H15O8P/c17-12-4-7-14(16(19)9-12)15(18)8-3-11-1-5-13(6-2-11)23-10-24-25(20,21)22/h1-9,17,19H,10H2,(H2,20,21,22)/b8-3+. The Bertz CT molecular complexity index is 823. The van der Waals surface area contributed by atoms with Crippen molar-refractivity contribution < 1.29 is 38.6 Å². The summed E-state index contributed by atoms with van der Waals surface area (Å²) in [5, 5.41) is 18.8. The van der Waals surface area contributed by atoms with Gasteiger partial charge >= 0.3 is 7.82 Å². The number of phenols is 2. The Hall–Kier alpha value is -2.64. The minimum Gasteiger partial charge on any atom is -0.508 e. The zero-order valence-electron chi connectivity index (χ0n) is 12.8. The van der Waals surface area contributed by atoms with Gasteiger partial charge in [-0.2, -0.15) is 0 Å². The lowest BCUT2D eigenvalue weighted by molar-refractivity contribution is 0.0828. The number of allylic oxidation sites excluding steroid dienone is 1. The summed E-state index contributed by atoms with van der Waals surface area (Å²) in [5.74, 6) is -0.569. The van der Waals surface area contributed by atoms with Gasteiger partial charge in [-0.25, -0.2) is 9.09 Å². The number of benzene rings is 2. The summed E-state index contributed by atoms with van der Waals surface area (Å²) in [4.78, 5) is 29.1. The number of aromatic hydroxyl groups is 2. The first-order valence-electron chi connectivity index (χ1n) is 6.92. The number of phosphoric ester groups is 1. The fourth-order valence-corrected chi connectivity index (χ4v) is 2.02. The molecule has 2 aromatic carbocycles. The van der Waals surface area contributed by atoms with E-state index in [9.17, 15) is 19.6 Å². The van der Waals surface area contributed by atoms with Crippen LogP contribution in [0.5, 0.6) is 17.2 Å². The zero-order valence-corrected chi connectivity index (χ0v) is 13.7. The molecular weight excluding hydrogens is 351 g/mol. The molecule has 25 heavy (non-hydrogen) atoms. The van der Waals surface area contributed by atoms with Gasteiger partial charge in [0, 0.05) is 6.07 Å². The number of ketones is 1. The Morgan fingerprint density at radius 3 is 2.36 bits per heavy atom. The van der Waals surface area contributed by atoms with Crippen molar-refractivity contribution in [2.24, 2.45) is 0 Å². The first-order chi connectivity index (χ1) is 11.7. The van der Waals surface area contributed by atoms with E-state index in [0.29, 0.717) is 11.3 Å². The Kier molecular flexibility index (Phi) is 5.95. The van der Waals surface area contributed by atoms with E-state index in [1.165, 1.54) is 36.4 Å².